The van der Waals surface area contributed by atoms with Gasteiger partial charge in [-0.05, 0) is 61.9 Å². The van der Waals surface area contributed by atoms with Crippen LogP contribution in [0.1, 0.15) is 48.8 Å². The molecule has 1 aliphatic carbocycles. The van der Waals surface area contributed by atoms with E-state index < -0.39 is 0 Å². The SMILES string of the molecule is c1cc2c(cc1CCCNC1CCCC1)CCNC2. The average Bonchev–Trinajstić information content (AvgIpc) is 2.97. The minimum absolute atomic E-state index is 0.814. The first-order valence-corrected chi connectivity index (χ1v) is 7.96. The van der Waals surface area contributed by atoms with Gasteiger partial charge in [0.2, 0.25) is 0 Å². The molecule has 2 nitrogen and oxygen atoms in total. The minimum atomic E-state index is 0.814. The summed E-state index contributed by atoms with van der Waals surface area (Å²) >= 11 is 0. The van der Waals surface area contributed by atoms with Crippen LogP contribution in [0, 0.1) is 0 Å². The molecule has 0 atom stereocenters. The minimum Gasteiger partial charge on any atom is -0.314 e. The normalized spacial score (nSPS) is 19.6. The van der Waals surface area contributed by atoms with Gasteiger partial charge in [-0.15, -0.1) is 0 Å². The molecule has 2 N–H and O–H groups in total. The van der Waals surface area contributed by atoms with Crippen molar-refractivity contribution in [1.82, 2.24) is 10.6 Å². The smallest absolute Gasteiger partial charge is 0.0208 e. The molecule has 1 saturated carbocycles. The van der Waals surface area contributed by atoms with Crippen molar-refractivity contribution in [3.8, 4) is 0 Å². The summed E-state index contributed by atoms with van der Waals surface area (Å²) in [5, 5.41) is 7.14. The van der Waals surface area contributed by atoms with Crippen LogP contribution >= 0.6 is 0 Å². The van der Waals surface area contributed by atoms with Gasteiger partial charge in [-0.2, -0.15) is 0 Å². The molecule has 104 valence electrons. The van der Waals surface area contributed by atoms with Crippen molar-refractivity contribution >= 4 is 0 Å². The molecule has 1 aromatic carbocycles. The van der Waals surface area contributed by atoms with Gasteiger partial charge in [0.1, 0.15) is 0 Å². The molecule has 2 aliphatic rings. The van der Waals surface area contributed by atoms with Crippen LogP contribution in [-0.4, -0.2) is 19.1 Å². The van der Waals surface area contributed by atoms with E-state index in [1.165, 1.54) is 62.6 Å². The third-order valence-corrected chi connectivity index (χ3v) is 4.59. The van der Waals surface area contributed by atoms with E-state index in [9.17, 15) is 0 Å². The Morgan fingerprint density at radius 2 is 2.05 bits per heavy atom. The third kappa shape index (κ3) is 3.58. The lowest BCUT2D eigenvalue weighted by atomic mass is 9.97. The molecule has 0 amide bonds. The van der Waals surface area contributed by atoms with E-state index in [2.05, 4.69) is 28.8 Å². The van der Waals surface area contributed by atoms with E-state index in [-0.39, 0.29) is 0 Å². The van der Waals surface area contributed by atoms with Crippen LogP contribution in [0.2, 0.25) is 0 Å². The standard InChI is InChI=1S/C17H26N2/c1-2-6-17(5-1)19-10-3-4-14-7-8-16-13-18-11-9-15(16)12-14/h7-8,12,17-19H,1-6,9-11,13H2. The molecule has 3 rings (SSSR count). The third-order valence-electron chi connectivity index (χ3n) is 4.59. The van der Waals surface area contributed by atoms with Crippen molar-refractivity contribution in [2.24, 2.45) is 0 Å². The highest BCUT2D eigenvalue weighted by molar-refractivity contribution is 5.33. The molecule has 0 aromatic heterocycles. The van der Waals surface area contributed by atoms with Gasteiger partial charge >= 0.3 is 0 Å². The topological polar surface area (TPSA) is 24.1 Å². The number of rotatable bonds is 5. The lowest BCUT2D eigenvalue weighted by Crippen LogP contribution is -2.27. The lowest BCUT2D eigenvalue weighted by Gasteiger charge is -2.18. The molecule has 1 aromatic rings. The lowest BCUT2D eigenvalue weighted by molar-refractivity contribution is 0.515. The van der Waals surface area contributed by atoms with Gasteiger partial charge in [-0.1, -0.05) is 31.0 Å². The molecule has 2 heteroatoms. The van der Waals surface area contributed by atoms with Gasteiger partial charge in [0.25, 0.3) is 0 Å². The highest BCUT2D eigenvalue weighted by atomic mass is 14.9. The fraction of sp³-hybridized carbons (Fsp3) is 0.647. The molecule has 0 bridgehead atoms. The summed E-state index contributed by atoms with van der Waals surface area (Å²) in [7, 11) is 0. The first-order valence-electron chi connectivity index (χ1n) is 7.96. The van der Waals surface area contributed by atoms with E-state index in [1.807, 2.05) is 0 Å². The monoisotopic (exact) mass is 258 g/mol. The summed E-state index contributed by atoms with van der Waals surface area (Å²) in [6, 6.07) is 7.89. The summed E-state index contributed by atoms with van der Waals surface area (Å²) in [5.74, 6) is 0. The van der Waals surface area contributed by atoms with Crippen LogP contribution in [0.4, 0.5) is 0 Å². The van der Waals surface area contributed by atoms with Gasteiger partial charge < -0.3 is 10.6 Å². The second-order valence-electron chi connectivity index (χ2n) is 6.07. The van der Waals surface area contributed by atoms with Crippen LogP contribution in [0.3, 0.4) is 0 Å². The van der Waals surface area contributed by atoms with Gasteiger partial charge in [0.15, 0.2) is 0 Å². The zero-order valence-corrected chi connectivity index (χ0v) is 11.9. The predicted octanol–water partition coefficient (Wildman–Crippen LogP) is 2.80. The van der Waals surface area contributed by atoms with Crippen molar-refractivity contribution < 1.29 is 0 Å². The number of hydrogen-bond donors (Lipinski definition) is 2. The first-order chi connectivity index (χ1) is 9.42. The Kier molecular flexibility index (Phi) is 4.52. The Labute approximate surface area is 117 Å². The largest absolute Gasteiger partial charge is 0.314 e. The molecular formula is C17H26N2. The molecule has 1 heterocycles. The molecule has 0 spiro atoms. The molecule has 0 saturated heterocycles. The molecule has 1 fully saturated rings. The Bertz CT molecular complexity index is 408. The number of fused-ring (bicyclic) bond motifs is 1. The predicted molar refractivity (Wildman–Crippen MR) is 80.4 cm³/mol. The first kappa shape index (κ1) is 13.1. The number of nitrogens with one attached hydrogen (secondary N) is 2. The Morgan fingerprint density at radius 1 is 1.16 bits per heavy atom. The van der Waals surface area contributed by atoms with E-state index in [0.717, 1.165) is 19.1 Å². The van der Waals surface area contributed by atoms with Gasteiger partial charge in [-0.3, -0.25) is 0 Å². The molecule has 19 heavy (non-hydrogen) atoms. The van der Waals surface area contributed by atoms with Gasteiger partial charge in [0, 0.05) is 12.6 Å². The molecule has 0 radical (unpaired) electrons. The maximum absolute atomic E-state index is 3.70. The van der Waals surface area contributed by atoms with Crippen LogP contribution in [-0.2, 0) is 19.4 Å². The molecule has 1 aliphatic heterocycles. The number of hydrogen-bond acceptors (Lipinski definition) is 2. The summed E-state index contributed by atoms with van der Waals surface area (Å²) in [5.41, 5.74) is 4.59. The van der Waals surface area contributed by atoms with Crippen LogP contribution in [0.5, 0.6) is 0 Å². The molecular weight excluding hydrogens is 232 g/mol. The van der Waals surface area contributed by atoms with Crippen LogP contribution in [0.25, 0.3) is 0 Å². The van der Waals surface area contributed by atoms with Crippen molar-refractivity contribution in [3.05, 3.63) is 34.9 Å². The maximum atomic E-state index is 3.70. The highest BCUT2D eigenvalue weighted by Crippen LogP contribution is 2.18. The second-order valence-corrected chi connectivity index (χ2v) is 6.07. The van der Waals surface area contributed by atoms with Gasteiger partial charge in [0.05, 0.1) is 0 Å². The quantitative estimate of drug-likeness (QED) is 0.794. The summed E-state index contributed by atoms with van der Waals surface area (Å²) in [4.78, 5) is 0. The van der Waals surface area contributed by atoms with Crippen LogP contribution < -0.4 is 10.6 Å². The fourth-order valence-corrected chi connectivity index (χ4v) is 3.41. The average molecular weight is 258 g/mol. The van der Waals surface area contributed by atoms with Crippen molar-refractivity contribution in [3.63, 3.8) is 0 Å². The fourth-order valence-electron chi connectivity index (χ4n) is 3.41. The molecule has 0 unspecified atom stereocenters. The van der Waals surface area contributed by atoms with Gasteiger partial charge in [-0.25, -0.2) is 0 Å². The Hall–Kier alpha value is -0.860. The zero-order valence-electron chi connectivity index (χ0n) is 11.9. The highest BCUT2D eigenvalue weighted by Gasteiger charge is 2.13. The van der Waals surface area contributed by atoms with Crippen molar-refractivity contribution in [1.29, 1.82) is 0 Å². The number of aryl methyl sites for hydroxylation is 1. The maximum Gasteiger partial charge on any atom is 0.0208 e. The summed E-state index contributed by atoms with van der Waals surface area (Å²) < 4.78 is 0. The van der Waals surface area contributed by atoms with E-state index in [0.29, 0.717) is 0 Å². The van der Waals surface area contributed by atoms with Crippen molar-refractivity contribution in [2.45, 2.75) is 57.5 Å². The zero-order chi connectivity index (χ0) is 12.9. The second kappa shape index (κ2) is 6.53. The Morgan fingerprint density at radius 3 is 2.95 bits per heavy atom. The van der Waals surface area contributed by atoms with E-state index >= 15 is 0 Å². The number of benzene rings is 1. The summed E-state index contributed by atoms with van der Waals surface area (Å²) in [6.45, 7) is 3.38. The summed E-state index contributed by atoms with van der Waals surface area (Å²) in [6.07, 6.45) is 9.34. The van der Waals surface area contributed by atoms with E-state index in [4.69, 9.17) is 0 Å². The van der Waals surface area contributed by atoms with Crippen molar-refractivity contribution in [2.75, 3.05) is 13.1 Å². The Balaban J connectivity index is 1.44. The van der Waals surface area contributed by atoms with Crippen LogP contribution in [0.15, 0.2) is 18.2 Å². The van der Waals surface area contributed by atoms with E-state index in [1.54, 1.807) is 5.56 Å².